The number of carbonyl (C=O) groups excluding carboxylic acids is 1. The Labute approximate surface area is 172 Å². The molecule has 0 radical (unpaired) electrons. The van der Waals surface area contributed by atoms with Gasteiger partial charge in [-0.1, -0.05) is 41.9 Å². The summed E-state index contributed by atoms with van der Waals surface area (Å²) in [5, 5.41) is 0. The molecule has 0 spiro atoms. The number of benzene rings is 2. The number of halogens is 2. The van der Waals surface area contributed by atoms with E-state index in [1.165, 1.54) is 4.88 Å². The fourth-order valence-electron chi connectivity index (χ4n) is 2.48. The first-order chi connectivity index (χ1) is 13.0. The predicted octanol–water partition coefficient (Wildman–Crippen LogP) is 6.33. The van der Waals surface area contributed by atoms with Crippen molar-refractivity contribution >= 4 is 52.2 Å². The number of anilines is 2. The molecule has 0 saturated heterocycles. The summed E-state index contributed by atoms with van der Waals surface area (Å²) < 4.78 is 6.99. The first kappa shape index (κ1) is 19.5. The van der Waals surface area contributed by atoms with E-state index in [-0.39, 0.29) is 6.61 Å². The minimum atomic E-state index is -0.616. The van der Waals surface area contributed by atoms with Crippen LogP contribution in [0.2, 0.25) is 4.34 Å². The van der Waals surface area contributed by atoms with Crippen molar-refractivity contribution in [2.75, 3.05) is 16.4 Å². The third kappa shape index (κ3) is 5.39. The van der Waals surface area contributed by atoms with Crippen LogP contribution in [0.3, 0.4) is 0 Å². The topological polar surface area (TPSA) is 32.8 Å². The van der Waals surface area contributed by atoms with E-state index < -0.39 is 6.09 Å². The molecular weight excluding hydrogens is 403 g/mol. The highest BCUT2D eigenvalue weighted by Crippen LogP contribution is 2.26. The minimum absolute atomic E-state index is 0.174. The zero-order chi connectivity index (χ0) is 19.2. The molecule has 4 nitrogen and oxygen atoms in total. The molecular formula is C20H18Cl2N2O2S. The number of nitrogens with zero attached hydrogens (tertiary/aromatic N) is 2. The minimum Gasteiger partial charge on any atom is -0.443 e. The predicted molar refractivity (Wildman–Crippen MR) is 113 cm³/mol. The molecule has 0 N–H and O–H groups in total. The third-order valence-corrected chi connectivity index (χ3v) is 5.45. The molecule has 1 amide bonds. The van der Waals surface area contributed by atoms with Crippen molar-refractivity contribution in [2.24, 2.45) is 0 Å². The molecule has 0 atom stereocenters. The maximum Gasteiger partial charge on any atom is 0.429 e. The van der Waals surface area contributed by atoms with Gasteiger partial charge in [0.1, 0.15) is 6.61 Å². The van der Waals surface area contributed by atoms with Crippen LogP contribution in [0.15, 0.2) is 66.7 Å². The maximum absolute atomic E-state index is 12.1. The molecule has 0 aliphatic heterocycles. The molecule has 0 bridgehead atoms. The van der Waals surface area contributed by atoms with Crippen LogP contribution in [-0.4, -0.2) is 13.1 Å². The lowest BCUT2D eigenvalue weighted by atomic mass is 10.2. The zero-order valence-corrected chi connectivity index (χ0v) is 17.0. The second-order valence-corrected chi connectivity index (χ2v) is 8.04. The molecule has 1 aromatic heterocycles. The van der Waals surface area contributed by atoms with Crippen LogP contribution in [-0.2, 0) is 17.9 Å². The molecule has 27 heavy (non-hydrogen) atoms. The Morgan fingerprint density at radius 3 is 2.30 bits per heavy atom. The smallest absolute Gasteiger partial charge is 0.429 e. The third-order valence-electron chi connectivity index (χ3n) is 3.90. The Kier molecular flexibility index (Phi) is 6.61. The van der Waals surface area contributed by atoms with Crippen LogP contribution < -0.4 is 9.32 Å². The first-order valence-corrected chi connectivity index (χ1v) is 9.78. The molecule has 3 rings (SSSR count). The number of ether oxygens (including phenoxy) is 1. The fourth-order valence-corrected chi connectivity index (χ4v) is 3.78. The summed E-state index contributed by atoms with van der Waals surface area (Å²) >= 11 is 13.7. The number of hydrogen-bond donors (Lipinski definition) is 0. The number of thiophene rings is 1. The molecule has 7 heteroatoms. The van der Waals surface area contributed by atoms with Gasteiger partial charge < -0.3 is 9.64 Å². The Morgan fingerprint density at radius 1 is 1.00 bits per heavy atom. The van der Waals surface area contributed by atoms with Crippen molar-refractivity contribution in [2.45, 2.75) is 13.2 Å². The summed E-state index contributed by atoms with van der Waals surface area (Å²) in [5.74, 6) is 0. The van der Waals surface area contributed by atoms with E-state index in [1.54, 1.807) is 23.5 Å². The molecule has 0 aliphatic carbocycles. The van der Waals surface area contributed by atoms with Gasteiger partial charge in [0.15, 0.2) is 0 Å². The summed E-state index contributed by atoms with van der Waals surface area (Å²) in [6.45, 7) is 0.924. The summed E-state index contributed by atoms with van der Waals surface area (Å²) in [6, 6.07) is 20.7. The second kappa shape index (κ2) is 9.13. The average Bonchev–Trinajstić information content (AvgIpc) is 3.11. The summed E-state index contributed by atoms with van der Waals surface area (Å²) in [7, 11) is 2.00. The monoisotopic (exact) mass is 420 g/mol. The quantitative estimate of drug-likeness (QED) is 0.436. The van der Waals surface area contributed by atoms with Gasteiger partial charge in [0, 0.05) is 29.4 Å². The number of carbonyl (C=O) groups is 1. The molecule has 1 heterocycles. The molecule has 140 valence electrons. The summed E-state index contributed by atoms with van der Waals surface area (Å²) in [4.78, 5) is 15.4. The lowest BCUT2D eigenvalue weighted by Gasteiger charge is -2.20. The van der Waals surface area contributed by atoms with Gasteiger partial charge in [0.25, 0.3) is 0 Å². The van der Waals surface area contributed by atoms with E-state index in [4.69, 9.17) is 28.1 Å². The van der Waals surface area contributed by atoms with Crippen LogP contribution in [0.1, 0.15) is 10.4 Å². The van der Waals surface area contributed by atoms with Crippen molar-refractivity contribution in [3.8, 4) is 0 Å². The van der Waals surface area contributed by atoms with Crippen LogP contribution in [0, 0.1) is 0 Å². The van der Waals surface area contributed by atoms with Gasteiger partial charge in [-0.15, -0.1) is 11.3 Å². The molecule has 0 unspecified atom stereocenters. The van der Waals surface area contributed by atoms with Crippen LogP contribution >= 0.6 is 34.7 Å². The van der Waals surface area contributed by atoms with Crippen LogP contribution in [0.5, 0.6) is 0 Å². The van der Waals surface area contributed by atoms with E-state index in [2.05, 4.69) is 4.90 Å². The van der Waals surface area contributed by atoms with Crippen molar-refractivity contribution in [3.05, 3.63) is 81.5 Å². The molecule has 3 aromatic rings. The zero-order valence-electron chi connectivity index (χ0n) is 14.6. The van der Waals surface area contributed by atoms with Crippen LogP contribution in [0.25, 0.3) is 0 Å². The van der Waals surface area contributed by atoms with Crippen molar-refractivity contribution in [1.82, 2.24) is 0 Å². The largest absolute Gasteiger partial charge is 0.443 e. The van der Waals surface area contributed by atoms with E-state index in [9.17, 15) is 4.79 Å². The van der Waals surface area contributed by atoms with E-state index in [1.807, 2.05) is 61.6 Å². The van der Waals surface area contributed by atoms with E-state index in [0.717, 1.165) is 26.6 Å². The lowest BCUT2D eigenvalue weighted by Crippen LogP contribution is -2.22. The lowest BCUT2D eigenvalue weighted by molar-refractivity contribution is 0.151. The second-order valence-electron chi connectivity index (χ2n) is 5.90. The fraction of sp³-hybridized carbons (Fsp3) is 0.150. The van der Waals surface area contributed by atoms with Gasteiger partial charge in [-0.05, 0) is 42.0 Å². The average molecular weight is 421 g/mol. The van der Waals surface area contributed by atoms with Gasteiger partial charge in [-0.2, -0.15) is 4.42 Å². The summed E-state index contributed by atoms with van der Waals surface area (Å²) in [5.41, 5.74) is 2.46. The highest BCUT2D eigenvalue weighted by molar-refractivity contribution is 7.16. The normalized spacial score (nSPS) is 10.5. The summed E-state index contributed by atoms with van der Waals surface area (Å²) in [6.07, 6.45) is -0.616. The van der Waals surface area contributed by atoms with Gasteiger partial charge in [0.2, 0.25) is 0 Å². The Balaban J connectivity index is 1.57. The van der Waals surface area contributed by atoms with Gasteiger partial charge in [-0.25, -0.2) is 4.79 Å². The number of hydrogen-bond acceptors (Lipinski definition) is 4. The molecule has 0 fully saturated rings. The van der Waals surface area contributed by atoms with Crippen molar-refractivity contribution in [1.29, 1.82) is 0 Å². The Morgan fingerprint density at radius 2 is 1.67 bits per heavy atom. The van der Waals surface area contributed by atoms with E-state index >= 15 is 0 Å². The van der Waals surface area contributed by atoms with Gasteiger partial charge in [-0.3, -0.25) is 0 Å². The number of amides is 1. The highest BCUT2D eigenvalue weighted by Gasteiger charge is 2.15. The molecule has 0 saturated carbocycles. The van der Waals surface area contributed by atoms with Gasteiger partial charge in [0.05, 0.1) is 16.6 Å². The molecule has 2 aromatic carbocycles. The maximum atomic E-state index is 12.1. The van der Waals surface area contributed by atoms with Crippen molar-refractivity contribution in [3.63, 3.8) is 0 Å². The highest BCUT2D eigenvalue weighted by atomic mass is 35.5. The Bertz CT molecular complexity index is 885. The van der Waals surface area contributed by atoms with Crippen molar-refractivity contribution < 1.29 is 9.53 Å². The number of rotatable bonds is 6. The van der Waals surface area contributed by atoms with Gasteiger partial charge >= 0.3 is 6.09 Å². The SMILES string of the molecule is CN(Cc1ccc(Cl)s1)c1ccc(N(Cl)C(=O)OCc2ccccc2)cc1. The van der Waals surface area contributed by atoms with Crippen LogP contribution in [0.4, 0.5) is 16.2 Å². The first-order valence-electron chi connectivity index (χ1n) is 8.25. The standard InChI is InChI=1S/C20H18Cl2N2O2S/c1-23(13-18-11-12-19(21)27-18)16-7-9-17(10-8-16)24(22)20(25)26-14-15-5-3-2-4-6-15/h2-12H,13-14H2,1H3. The molecule has 0 aliphatic rings. The van der Waals surface area contributed by atoms with E-state index in [0.29, 0.717) is 5.69 Å². The Hall–Kier alpha value is -2.21.